The van der Waals surface area contributed by atoms with E-state index in [-0.39, 0.29) is 0 Å². The third-order valence-electron chi connectivity index (χ3n) is 4.32. The van der Waals surface area contributed by atoms with Gasteiger partial charge >= 0.3 is 0 Å². The molecule has 1 fully saturated rings. The Balaban J connectivity index is 2.18. The molecule has 0 heterocycles. The van der Waals surface area contributed by atoms with E-state index in [0.29, 0.717) is 17.9 Å². The molecule has 3 heteroatoms. The van der Waals surface area contributed by atoms with Gasteiger partial charge < -0.3 is 14.8 Å². The molecule has 0 radical (unpaired) electrons. The third-order valence-corrected chi connectivity index (χ3v) is 4.32. The Morgan fingerprint density at radius 1 is 1.21 bits per heavy atom. The minimum atomic E-state index is 0.606. The zero-order valence-electron chi connectivity index (χ0n) is 12.4. The van der Waals surface area contributed by atoms with Gasteiger partial charge in [0.1, 0.15) is 11.5 Å². The summed E-state index contributed by atoms with van der Waals surface area (Å²) < 4.78 is 10.8. The minimum absolute atomic E-state index is 0.606. The van der Waals surface area contributed by atoms with Crippen LogP contribution in [0.15, 0.2) is 18.2 Å². The van der Waals surface area contributed by atoms with Crippen LogP contribution in [0, 0.1) is 5.92 Å². The quantitative estimate of drug-likeness (QED) is 0.855. The molecule has 0 aromatic heterocycles. The summed E-state index contributed by atoms with van der Waals surface area (Å²) in [7, 11) is 3.42. The van der Waals surface area contributed by atoms with Crippen molar-refractivity contribution in [3.05, 3.63) is 23.8 Å². The average Bonchev–Trinajstić information content (AvgIpc) is 2.43. The largest absolute Gasteiger partial charge is 0.497 e. The highest BCUT2D eigenvalue weighted by molar-refractivity contribution is 5.44. The van der Waals surface area contributed by atoms with E-state index in [1.165, 1.54) is 18.4 Å². The first-order valence-electron chi connectivity index (χ1n) is 7.20. The lowest BCUT2D eigenvalue weighted by atomic mass is 9.64. The van der Waals surface area contributed by atoms with Crippen molar-refractivity contribution in [1.29, 1.82) is 0 Å². The molecule has 0 aliphatic heterocycles. The second kappa shape index (κ2) is 6.29. The van der Waals surface area contributed by atoms with E-state index in [0.717, 1.165) is 18.0 Å². The number of hydrogen-bond donors (Lipinski definition) is 1. The lowest BCUT2D eigenvalue weighted by molar-refractivity contribution is 0.160. The molecule has 0 spiro atoms. The van der Waals surface area contributed by atoms with Gasteiger partial charge in [0.25, 0.3) is 0 Å². The molecular formula is C16H25NO2. The first-order chi connectivity index (χ1) is 9.24. The van der Waals surface area contributed by atoms with Crippen LogP contribution < -0.4 is 14.8 Å². The molecule has 2 rings (SSSR count). The maximum Gasteiger partial charge on any atom is 0.126 e. The van der Waals surface area contributed by atoms with Crippen LogP contribution >= 0.6 is 0 Å². The molecule has 3 unspecified atom stereocenters. The highest BCUT2D eigenvalue weighted by atomic mass is 16.5. The standard InChI is InChI=1S/C16H25NO2/c1-5-12-14(10-15(12)17-6-2)13-8-7-11(18-3)9-16(13)19-4/h7-9,12,14-15,17H,5-6,10H2,1-4H3. The van der Waals surface area contributed by atoms with Crippen molar-refractivity contribution in [1.82, 2.24) is 5.32 Å². The zero-order chi connectivity index (χ0) is 13.8. The molecule has 1 aliphatic carbocycles. The lowest BCUT2D eigenvalue weighted by Gasteiger charge is -2.45. The Morgan fingerprint density at radius 3 is 2.58 bits per heavy atom. The van der Waals surface area contributed by atoms with Gasteiger partial charge in [0.05, 0.1) is 14.2 Å². The fourth-order valence-electron chi connectivity index (χ4n) is 3.26. The van der Waals surface area contributed by atoms with Gasteiger partial charge in [-0.1, -0.05) is 26.3 Å². The van der Waals surface area contributed by atoms with Crippen LogP contribution in [-0.4, -0.2) is 26.8 Å². The summed E-state index contributed by atoms with van der Waals surface area (Å²) in [6.07, 6.45) is 2.41. The fourth-order valence-corrected chi connectivity index (χ4v) is 3.26. The Bertz CT molecular complexity index is 419. The summed E-state index contributed by atoms with van der Waals surface area (Å²) in [4.78, 5) is 0. The highest BCUT2D eigenvalue weighted by Gasteiger charge is 2.41. The van der Waals surface area contributed by atoms with Crippen molar-refractivity contribution in [2.24, 2.45) is 5.92 Å². The predicted molar refractivity (Wildman–Crippen MR) is 78.1 cm³/mol. The van der Waals surface area contributed by atoms with Gasteiger partial charge in [0.2, 0.25) is 0 Å². The molecule has 3 atom stereocenters. The molecular weight excluding hydrogens is 238 g/mol. The summed E-state index contributed by atoms with van der Waals surface area (Å²) in [6.45, 7) is 5.50. The molecule has 0 saturated heterocycles. The summed E-state index contributed by atoms with van der Waals surface area (Å²) in [6, 6.07) is 6.84. The summed E-state index contributed by atoms with van der Waals surface area (Å²) in [5.41, 5.74) is 1.32. The van der Waals surface area contributed by atoms with Gasteiger partial charge in [-0.2, -0.15) is 0 Å². The van der Waals surface area contributed by atoms with Gasteiger partial charge in [-0.05, 0) is 36.4 Å². The van der Waals surface area contributed by atoms with Crippen LogP contribution in [-0.2, 0) is 0 Å². The van der Waals surface area contributed by atoms with E-state index in [4.69, 9.17) is 9.47 Å². The van der Waals surface area contributed by atoms with E-state index in [1.807, 2.05) is 12.1 Å². The normalized spacial score (nSPS) is 25.8. The third kappa shape index (κ3) is 2.71. The monoisotopic (exact) mass is 263 g/mol. The molecule has 106 valence electrons. The minimum Gasteiger partial charge on any atom is -0.497 e. The van der Waals surface area contributed by atoms with Gasteiger partial charge in [-0.25, -0.2) is 0 Å². The maximum atomic E-state index is 5.53. The SMILES string of the molecule is CCNC1CC(c2ccc(OC)cc2OC)C1CC. The average molecular weight is 263 g/mol. The van der Waals surface area contributed by atoms with Crippen molar-refractivity contribution in [2.45, 2.75) is 38.6 Å². The van der Waals surface area contributed by atoms with Gasteiger partial charge in [-0.3, -0.25) is 0 Å². The van der Waals surface area contributed by atoms with Crippen molar-refractivity contribution in [3.63, 3.8) is 0 Å². The number of hydrogen-bond acceptors (Lipinski definition) is 3. The number of nitrogens with one attached hydrogen (secondary N) is 1. The molecule has 1 N–H and O–H groups in total. The smallest absolute Gasteiger partial charge is 0.126 e. The van der Waals surface area contributed by atoms with E-state index in [1.54, 1.807) is 14.2 Å². The molecule has 0 bridgehead atoms. The van der Waals surface area contributed by atoms with Crippen LogP contribution in [0.3, 0.4) is 0 Å². The van der Waals surface area contributed by atoms with Gasteiger partial charge in [-0.15, -0.1) is 0 Å². The van der Waals surface area contributed by atoms with Crippen LogP contribution in [0.5, 0.6) is 11.5 Å². The Kier molecular flexibility index (Phi) is 4.70. The lowest BCUT2D eigenvalue weighted by Crippen LogP contribution is -2.48. The number of methoxy groups -OCH3 is 2. The second-order valence-electron chi connectivity index (χ2n) is 5.19. The summed E-state index contributed by atoms with van der Waals surface area (Å²) in [5, 5.41) is 3.58. The van der Waals surface area contributed by atoms with Crippen molar-refractivity contribution < 1.29 is 9.47 Å². The highest BCUT2D eigenvalue weighted by Crippen LogP contribution is 2.48. The van der Waals surface area contributed by atoms with Crippen LogP contribution in [0.1, 0.15) is 38.2 Å². The molecule has 1 saturated carbocycles. The van der Waals surface area contributed by atoms with E-state index >= 15 is 0 Å². The topological polar surface area (TPSA) is 30.5 Å². The molecule has 1 aromatic rings. The number of rotatable bonds is 6. The molecule has 1 aromatic carbocycles. The number of benzene rings is 1. The predicted octanol–water partition coefficient (Wildman–Crippen LogP) is 3.20. The van der Waals surface area contributed by atoms with Crippen LogP contribution in [0.25, 0.3) is 0 Å². The van der Waals surface area contributed by atoms with Crippen LogP contribution in [0.4, 0.5) is 0 Å². The number of ether oxygens (including phenoxy) is 2. The Hall–Kier alpha value is -1.22. The molecule has 19 heavy (non-hydrogen) atoms. The Morgan fingerprint density at radius 2 is 2.00 bits per heavy atom. The van der Waals surface area contributed by atoms with Crippen LogP contribution in [0.2, 0.25) is 0 Å². The second-order valence-corrected chi connectivity index (χ2v) is 5.19. The zero-order valence-corrected chi connectivity index (χ0v) is 12.4. The Labute approximate surface area is 116 Å². The molecule has 0 amide bonds. The maximum absolute atomic E-state index is 5.53. The first kappa shape index (κ1) is 14.2. The first-order valence-corrected chi connectivity index (χ1v) is 7.20. The molecule has 3 nitrogen and oxygen atoms in total. The summed E-state index contributed by atoms with van der Waals surface area (Å²) >= 11 is 0. The van der Waals surface area contributed by atoms with E-state index in [2.05, 4.69) is 25.2 Å². The van der Waals surface area contributed by atoms with Crippen molar-refractivity contribution >= 4 is 0 Å². The van der Waals surface area contributed by atoms with E-state index in [9.17, 15) is 0 Å². The van der Waals surface area contributed by atoms with Crippen molar-refractivity contribution in [3.8, 4) is 11.5 Å². The van der Waals surface area contributed by atoms with Crippen molar-refractivity contribution in [2.75, 3.05) is 20.8 Å². The van der Waals surface area contributed by atoms with Gasteiger partial charge in [0, 0.05) is 12.1 Å². The summed E-state index contributed by atoms with van der Waals surface area (Å²) in [5.74, 6) is 3.13. The fraction of sp³-hybridized carbons (Fsp3) is 0.625. The van der Waals surface area contributed by atoms with E-state index < -0.39 is 0 Å². The molecule has 1 aliphatic rings. The van der Waals surface area contributed by atoms with Gasteiger partial charge in [0.15, 0.2) is 0 Å².